The zero-order chi connectivity index (χ0) is 23.3. The van der Waals surface area contributed by atoms with Crippen molar-refractivity contribution in [3.05, 3.63) is 102 Å². The van der Waals surface area contributed by atoms with Crippen molar-refractivity contribution in [3.8, 4) is 5.75 Å². The first-order chi connectivity index (χ1) is 16.7. The van der Waals surface area contributed by atoms with Crippen molar-refractivity contribution in [1.82, 2.24) is 0 Å². The molecule has 3 fully saturated rings. The molecule has 2 bridgehead atoms. The first-order valence-corrected chi connectivity index (χ1v) is 13.0. The second-order valence-electron chi connectivity index (χ2n) is 10.4. The van der Waals surface area contributed by atoms with Gasteiger partial charge in [-0.15, -0.1) is 0 Å². The van der Waals surface area contributed by atoms with E-state index in [0.29, 0.717) is 0 Å². The van der Waals surface area contributed by atoms with Gasteiger partial charge in [0.1, 0.15) is 11.4 Å². The molecule has 3 nitrogen and oxygen atoms in total. The van der Waals surface area contributed by atoms with Crippen LogP contribution in [0, 0.1) is 5.41 Å². The molecule has 3 aromatic rings. The van der Waals surface area contributed by atoms with E-state index in [1.807, 2.05) is 42.5 Å². The molecule has 1 N–H and O–H groups in total. The molecular formula is C31H38NO2+. The maximum atomic E-state index is 12.5. The molecule has 3 aliphatic rings. The molecule has 6 rings (SSSR count). The van der Waals surface area contributed by atoms with Crippen LogP contribution in [0.2, 0.25) is 0 Å². The van der Waals surface area contributed by atoms with E-state index in [2.05, 4.69) is 48.5 Å². The van der Waals surface area contributed by atoms with Crippen LogP contribution in [0.3, 0.4) is 0 Å². The molecule has 0 aliphatic carbocycles. The maximum Gasteiger partial charge on any atom is 0.121 e. The maximum absolute atomic E-state index is 12.5. The lowest BCUT2D eigenvalue weighted by Gasteiger charge is -2.60. The van der Waals surface area contributed by atoms with Gasteiger partial charge in [-0.3, -0.25) is 0 Å². The molecule has 3 heteroatoms. The van der Waals surface area contributed by atoms with Crippen LogP contribution < -0.4 is 4.74 Å². The predicted molar refractivity (Wildman–Crippen MR) is 138 cm³/mol. The summed E-state index contributed by atoms with van der Waals surface area (Å²) in [5.74, 6) is 0.970. The highest BCUT2D eigenvalue weighted by atomic mass is 16.5. The molecule has 0 unspecified atom stereocenters. The molecule has 3 aliphatic heterocycles. The van der Waals surface area contributed by atoms with Crippen molar-refractivity contribution in [1.29, 1.82) is 0 Å². The van der Waals surface area contributed by atoms with Crippen LogP contribution >= 0.6 is 0 Å². The van der Waals surface area contributed by atoms with Crippen LogP contribution in [0.25, 0.3) is 0 Å². The van der Waals surface area contributed by atoms with Crippen LogP contribution in [0.15, 0.2) is 91.0 Å². The zero-order valence-corrected chi connectivity index (χ0v) is 20.2. The van der Waals surface area contributed by atoms with Gasteiger partial charge in [0.15, 0.2) is 0 Å². The normalized spacial score (nSPS) is 24.1. The van der Waals surface area contributed by atoms with E-state index >= 15 is 0 Å². The number of ether oxygens (including phenoxy) is 1. The summed E-state index contributed by atoms with van der Waals surface area (Å²) in [6, 6.07) is 30.9. The highest BCUT2D eigenvalue weighted by Gasteiger charge is 2.60. The van der Waals surface area contributed by atoms with Gasteiger partial charge in [0.2, 0.25) is 0 Å². The van der Waals surface area contributed by atoms with E-state index < -0.39 is 5.60 Å². The van der Waals surface area contributed by atoms with Gasteiger partial charge < -0.3 is 14.3 Å². The van der Waals surface area contributed by atoms with E-state index in [0.717, 1.165) is 49.2 Å². The second kappa shape index (κ2) is 9.93. The molecule has 0 radical (unpaired) electrons. The third kappa shape index (κ3) is 4.39. The number of aliphatic hydroxyl groups is 1. The van der Waals surface area contributed by atoms with Crippen LogP contribution in [-0.2, 0) is 5.60 Å². The van der Waals surface area contributed by atoms with Crippen molar-refractivity contribution in [2.24, 2.45) is 5.41 Å². The Hall–Kier alpha value is -2.62. The average molecular weight is 457 g/mol. The number of benzene rings is 3. The standard InChI is InChI=1S/C31H38NO2/c33-31(27-13-5-1-6-14-27,28-15-7-2-8-16-28)30-19-23-32(24-20-30,25-21-30)22-11-4-12-26-34-29-17-9-3-10-18-29/h1-3,5-10,13-18,33H,4,11-12,19-26H2/q+1. The lowest BCUT2D eigenvalue weighted by Crippen LogP contribution is -2.66. The van der Waals surface area contributed by atoms with Gasteiger partial charge in [-0.2, -0.15) is 0 Å². The number of para-hydroxylation sites is 1. The van der Waals surface area contributed by atoms with Crippen LogP contribution in [0.1, 0.15) is 49.7 Å². The number of hydrogen-bond donors (Lipinski definition) is 1. The Morgan fingerprint density at radius 2 is 1.18 bits per heavy atom. The molecule has 3 heterocycles. The third-order valence-corrected chi connectivity index (χ3v) is 8.63. The van der Waals surface area contributed by atoms with Gasteiger partial charge in [-0.1, -0.05) is 78.9 Å². The smallest absolute Gasteiger partial charge is 0.121 e. The number of hydrogen-bond acceptors (Lipinski definition) is 2. The van der Waals surface area contributed by atoms with Gasteiger partial charge in [-0.25, -0.2) is 0 Å². The molecule has 3 saturated heterocycles. The van der Waals surface area contributed by atoms with Gasteiger partial charge in [0, 0.05) is 24.7 Å². The van der Waals surface area contributed by atoms with Crippen LogP contribution in [-0.4, -0.2) is 42.4 Å². The fourth-order valence-electron chi connectivity index (χ4n) is 6.51. The Balaban J connectivity index is 1.21. The summed E-state index contributed by atoms with van der Waals surface area (Å²) in [5.41, 5.74) is 1.07. The van der Waals surface area contributed by atoms with E-state index in [4.69, 9.17) is 4.74 Å². The third-order valence-electron chi connectivity index (χ3n) is 8.63. The van der Waals surface area contributed by atoms with E-state index in [1.165, 1.54) is 43.5 Å². The minimum atomic E-state index is -0.930. The molecule has 3 aromatic carbocycles. The van der Waals surface area contributed by atoms with Crippen molar-refractivity contribution < 1.29 is 14.3 Å². The van der Waals surface area contributed by atoms with Gasteiger partial charge in [0.05, 0.1) is 32.8 Å². The molecule has 34 heavy (non-hydrogen) atoms. The number of quaternary nitrogens is 1. The number of piperidine rings is 3. The van der Waals surface area contributed by atoms with Gasteiger partial charge >= 0.3 is 0 Å². The molecule has 178 valence electrons. The molecule has 0 spiro atoms. The van der Waals surface area contributed by atoms with Crippen molar-refractivity contribution in [2.75, 3.05) is 32.8 Å². The first-order valence-electron chi connectivity index (χ1n) is 13.0. The lowest BCUT2D eigenvalue weighted by molar-refractivity contribution is -0.946. The lowest BCUT2D eigenvalue weighted by atomic mass is 9.56. The Labute approximate surface area is 204 Å². The monoisotopic (exact) mass is 456 g/mol. The summed E-state index contributed by atoms with van der Waals surface area (Å²) < 4.78 is 7.10. The van der Waals surface area contributed by atoms with Crippen molar-refractivity contribution in [2.45, 2.75) is 44.1 Å². The predicted octanol–water partition coefficient (Wildman–Crippen LogP) is 6.17. The van der Waals surface area contributed by atoms with Crippen LogP contribution in [0.4, 0.5) is 0 Å². The zero-order valence-electron chi connectivity index (χ0n) is 20.2. The Bertz CT molecular complexity index is 971. The summed E-state index contributed by atoms with van der Waals surface area (Å²) in [4.78, 5) is 0. The van der Waals surface area contributed by atoms with Crippen molar-refractivity contribution in [3.63, 3.8) is 0 Å². The molecule has 0 atom stereocenters. The van der Waals surface area contributed by atoms with E-state index in [9.17, 15) is 5.11 Å². The summed E-state index contributed by atoms with van der Waals surface area (Å²) in [7, 11) is 0. The first kappa shape index (κ1) is 23.1. The fourth-order valence-corrected chi connectivity index (χ4v) is 6.51. The van der Waals surface area contributed by atoms with Crippen LogP contribution in [0.5, 0.6) is 5.75 Å². The summed E-state index contributed by atoms with van der Waals surface area (Å²) >= 11 is 0. The number of nitrogens with zero attached hydrogens (tertiary/aromatic N) is 1. The number of fused-ring (bicyclic) bond motifs is 3. The molecule has 0 saturated carbocycles. The highest BCUT2D eigenvalue weighted by Crippen LogP contribution is 2.57. The van der Waals surface area contributed by atoms with E-state index in [-0.39, 0.29) is 5.41 Å². The SMILES string of the molecule is OC(c1ccccc1)(c1ccccc1)C12CC[N+](CCCCCOc3ccccc3)(CC1)CC2. The molecule has 0 aromatic heterocycles. The summed E-state index contributed by atoms with van der Waals surface area (Å²) in [6.07, 6.45) is 6.85. The molecule has 0 amide bonds. The quantitative estimate of drug-likeness (QED) is 0.292. The Morgan fingerprint density at radius 3 is 1.71 bits per heavy atom. The number of unbranched alkanes of at least 4 members (excludes halogenated alkanes) is 2. The highest BCUT2D eigenvalue weighted by molar-refractivity contribution is 5.39. The second-order valence-corrected chi connectivity index (χ2v) is 10.4. The minimum Gasteiger partial charge on any atom is -0.494 e. The van der Waals surface area contributed by atoms with E-state index in [1.54, 1.807) is 0 Å². The van der Waals surface area contributed by atoms with Crippen molar-refractivity contribution >= 4 is 0 Å². The Morgan fingerprint density at radius 1 is 0.676 bits per heavy atom. The minimum absolute atomic E-state index is 0.0841. The summed E-state index contributed by atoms with van der Waals surface area (Å²) in [5, 5.41) is 12.5. The largest absolute Gasteiger partial charge is 0.494 e. The summed E-state index contributed by atoms with van der Waals surface area (Å²) in [6.45, 7) is 5.61. The fraction of sp³-hybridized carbons (Fsp3) is 0.419. The Kier molecular flexibility index (Phi) is 6.76. The average Bonchev–Trinajstić information content (AvgIpc) is 2.93. The number of rotatable bonds is 10. The van der Waals surface area contributed by atoms with Gasteiger partial charge in [0.25, 0.3) is 0 Å². The van der Waals surface area contributed by atoms with Gasteiger partial charge in [-0.05, 0) is 42.5 Å². The topological polar surface area (TPSA) is 29.5 Å². The molecular weight excluding hydrogens is 418 g/mol.